The lowest BCUT2D eigenvalue weighted by molar-refractivity contribution is 0.0689. The molecule has 1 atom stereocenters. The summed E-state index contributed by atoms with van der Waals surface area (Å²) in [5.74, 6) is -1.61. The molecule has 8 heteroatoms. The molecule has 0 saturated carbocycles. The maximum Gasteiger partial charge on any atom is 0.356 e. The molecule has 0 aliphatic heterocycles. The Hall–Kier alpha value is -2.35. The number of aryl methyl sites for hydroxylation is 1. The van der Waals surface area contributed by atoms with E-state index in [2.05, 4.69) is 20.3 Å². The van der Waals surface area contributed by atoms with Crippen LogP contribution in [0.25, 0.3) is 0 Å². The third-order valence-electron chi connectivity index (χ3n) is 2.46. The predicted molar refractivity (Wildman–Crippen MR) is 71.7 cm³/mol. The summed E-state index contributed by atoms with van der Waals surface area (Å²) in [7, 11) is 0. The second kappa shape index (κ2) is 5.74. The summed E-state index contributed by atoms with van der Waals surface area (Å²) in [6.07, 6.45) is 2.19. The van der Waals surface area contributed by atoms with Crippen LogP contribution in [0.15, 0.2) is 17.8 Å². The normalized spacial score (nSPS) is 11.9. The Labute approximate surface area is 118 Å². The average molecular weight is 292 g/mol. The van der Waals surface area contributed by atoms with Crippen LogP contribution < -0.4 is 5.32 Å². The Kier molecular flexibility index (Phi) is 4.04. The highest BCUT2D eigenvalue weighted by molar-refractivity contribution is 7.09. The van der Waals surface area contributed by atoms with Gasteiger partial charge in [-0.15, -0.1) is 11.3 Å². The van der Waals surface area contributed by atoms with Crippen molar-refractivity contribution in [1.29, 1.82) is 0 Å². The van der Waals surface area contributed by atoms with Crippen LogP contribution >= 0.6 is 11.3 Å². The molecule has 20 heavy (non-hydrogen) atoms. The summed E-state index contributed by atoms with van der Waals surface area (Å²) in [4.78, 5) is 34.3. The predicted octanol–water partition coefficient (Wildman–Crippen LogP) is 1.43. The lowest BCUT2D eigenvalue weighted by atomic mass is 10.3. The molecule has 2 aromatic rings. The molecule has 1 unspecified atom stereocenters. The van der Waals surface area contributed by atoms with E-state index in [9.17, 15) is 9.59 Å². The van der Waals surface area contributed by atoms with E-state index in [0.29, 0.717) is 0 Å². The minimum atomic E-state index is -1.18. The maximum absolute atomic E-state index is 11.9. The number of thiazole rings is 1. The van der Waals surface area contributed by atoms with Crippen molar-refractivity contribution in [1.82, 2.24) is 20.3 Å². The van der Waals surface area contributed by atoms with E-state index in [-0.39, 0.29) is 17.4 Å². The van der Waals surface area contributed by atoms with Gasteiger partial charge < -0.3 is 10.4 Å². The number of nitrogens with zero attached hydrogens (tertiary/aromatic N) is 3. The van der Waals surface area contributed by atoms with Crippen LogP contribution in [0.1, 0.15) is 44.6 Å². The van der Waals surface area contributed by atoms with E-state index in [1.54, 1.807) is 0 Å². The molecule has 0 aromatic carbocycles. The number of hydrogen-bond donors (Lipinski definition) is 2. The Morgan fingerprint density at radius 2 is 1.95 bits per heavy atom. The highest BCUT2D eigenvalue weighted by Crippen LogP contribution is 2.17. The van der Waals surface area contributed by atoms with Crippen molar-refractivity contribution in [2.75, 3.05) is 0 Å². The van der Waals surface area contributed by atoms with Gasteiger partial charge >= 0.3 is 5.97 Å². The van der Waals surface area contributed by atoms with Crippen LogP contribution in [0.3, 0.4) is 0 Å². The molecule has 104 valence electrons. The van der Waals surface area contributed by atoms with Gasteiger partial charge in [0.15, 0.2) is 5.69 Å². The van der Waals surface area contributed by atoms with E-state index in [0.717, 1.165) is 23.1 Å². The van der Waals surface area contributed by atoms with Gasteiger partial charge in [-0.1, -0.05) is 0 Å². The topological polar surface area (TPSA) is 105 Å². The molecule has 0 bridgehead atoms. The van der Waals surface area contributed by atoms with Gasteiger partial charge in [0, 0.05) is 11.1 Å². The van der Waals surface area contributed by atoms with Crippen molar-refractivity contribution in [2.45, 2.75) is 19.9 Å². The fourth-order valence-electron chi connectivity index (χ4n) is 1.46. The molecule has 0 spiro atoms. The number of aromatic carboxylic acids is 1. The number of nitrogens with one attached hydrogen (secondary N) is 1. The number of hydrogen-bond acceptors (Lipinski definition) is 6. The zero-order valence-electron chi connectivity index (χ0n) is 10.8. The summed E-state index contributed by atoms with van der Waals surface area (Å²) in [6.45, 7) is 3.69. The van der Waals surface area contributed by atoms with Crippen LogP contribution in [-0.4, -0.2) is 31.9 Å². The molecule has 2 aromatic heterocycles. The Balaban J connectivity index is 2.06. The van der Waals surface area contributed by atoms with Gasteiger partial charge in [0.05, 0.1) is 18.4 Å². The minimum absolute atomic E-state index is 0.0649. The third kappa shape index (κ3) is 3.15. The van der Waals surface area contributed by atoms with Crippen molar-refractivity contribution in [3.05, 3.63) is 39.9 Å². The van der Waals surface area contributed by atoms with Crippen molar-refractivity contribution >= 4 is 23.2 Å². The van der Waals surface area contributed by atoms with Crippen molar-refractivity contribution in [2.24, 2.45) is 0 Å². The number of carboxylic acids is 1. The van der Waals surface area contributed by atoms with Crippen LogP contribution in [-0.2, 0) is 0 Å². The van der Waals surface area contributed by atoms with E-state index in [1.165, 1.54) is 11.3 Å². The molecule has 0 aliphatic rings. The third-order valence-corrected chi connectivity index (χ3v) is 3.60. The van der Waals surface area contributed by atoms with Gasteiger partial charge in [0.2, 0.25) is 0 Å². The molecule has 1 amide bonds. The van der Waals surface area contributed by atoms with Gasteiger partial charge in [-0.2, -0.15) is 0 Å². The molecule has 0 aliphatic carbocycles. The van der Waals surface area contributed by atoms with Gasteiger partial charge in [0.25, 0.3) is 5.91 Å². The lowest BCUT2D eigenvalue weighted by Crippen LogP contribution is -2.27. The average Bonchev–Trinajstić information content (AvgIpc) is 2.85. The van der Waals surface area contributed by atoms with Gasteiger partial charge in [-0.3, -0.25) is 4.79 Å². The van der Waals surface area contributed by atoms with Crippen molar-refractivity contribution < 1.29 is 14.7 Å². The number of carbonyl (C=O) groups excluding carboxylic acids is 1. The molecule has 7 nitrogen and oxygen atoms in total. The highest BCUT2D eigenvalue weighted by Gasteiger charge is 2.16. The second-order valence-electron chi connectivity index (χ2n) is 4.11. The summed E-state index contributed by atoms with van der Waals surface area (Å²) >= 11 is 1.46. The van der Waals surface area contributed by atoms with Crippen molar-refractivity contribution in [3.63, 3.8) is 0 Å². The zero-order valence-corrected chi connectivity index (χ0v) is 11.6. The highest BCUT2D eigenvalue weighted by atomic mass is 32.1. The van der Waals surface area contributed by atoms with E-state index >= 15 is 0 Å². The van der Waals surface area contributed by atoms with Crippen molar-refractivity contribution in [3.8, 4) is 0 Å². The minimum Gasteiger partial charge on any atom is -0.476 e. The quantitative estimate of drug-likeness (QED) is 0.883. The first-order valence-electron chi connectivity index (χ1n) is 5.75. The van der Waals surface area contributed by atoms with E-state index < -0.39 is 11.9 Å². The molecule has 0 radical (unpaired) electrons. The van der Waals surface area contributed by atoms with Gasteiger partial charge in [-0.05, 0) is 13.8 Å². The van der Waals surface area contributed by atoms with E-state index in [1.807, 2.05) is 19.2 Å². The molecule has 0 fully saturated rings. The summed E-state index contributed by atoms with van der Waals surface area (Å²) in [5.41, 5.74) is 0.761. The number of aromatic nitrogens is 3. The Morgan fingerprint density at radius 1 is 1.30 bits per heavy atom. The second-order valence-corrected chi connectivity index (χ2v) is 5.00. The molecular weight excluding hydrogens is 280 g/mol. The number of amides is 1. The summed E-state index contributed by atoms with van der Waals surface area (Å²) in [6, 6.07) is -0.248. The SMILES string of the molecule is Cc1csc(C(C)NC(=O)c2cnc(C(=O)O)cn2)n1. The molecule has 2 rings (SSSR count). The molecule has 0 saturated heterocycles. The van der Waals surface area contributed by atoms with Crippen LogP contribution in [0.5, 0.6) is 0 Å². The summed E-state index contributed by atoms with van der Waals surface area (Å²) in [5, 5.41) is 14.1. The standard InChI is InChI=1S/C12H12N4O3S/c1-6-5-20-11(15-6)7(2)16-10(17)8-3-14-9(4-13-8)12(18)19/h3-5,7H,1-2H3,(H,16,17)(H,18,19). The molecule has 2 N–H and O–H groups in total. The maximum atomic E-state index is 11.9. The fourth-order valence-corrected chi connectivity index (χ4v) is 2.26. The fraction of sp³-hybridized carbons (Fsp3) is 0.250. The van der Waals surface area contributed by atoms with Gasteiger partial charge in [0.1, 0.15) is 10.7 Å². The zero-order chi connectivity index (χ0) is 14.7. The number of carboxylic acid groups (broad SMARTS) is 1. The van der Waals surface area contributed by atoms with Crippen LogP contribution in [0.2, 0.25) is 0 Å². The first-order valence-corrected chi connectivity index (χ1v) is 6.63. The molecule has 2 heterocycles. The smallest absolute Gasteiger partial charge is 0.356 e. The first-order chi connectivity index (χ1) is 9.47. The van der Waals surface area contributed by atoms with Crippen LogP contribution in [0.4, 0.5) is 0 Å². The largest absolute Gasteiger partial charge is 0.476 e. The lowest BCUT2D eigenvalue weighted by Gasteiger charge is -2.10. The van der Waals surface area contributed by atoms with E-state index in [4.69, 9.17) is 5.11 Å². The number of rotatable bonds is 4. The van der Waals surface area contributed by atoms with Gasteiger partial charge in [-0.25, -0.2) is 19.7 Å². The Morgan fingerprint density at radius 3 is 2.45 bits per heavy atom. The first kappa shape index (κ1) is 14.1. The summed E-state index contributed by atoms with van der Waals surface area (Å²) < 4.78 is 0. The molecular formula is C12H12N4O3S. The monoisotopic (exact) mass is 292 g/mol. The van der Waals surface area contributed by atoms with Crippen LogP contribution in [0, 0.1) is 6.92 Å². The number of carbonyl (C=O) groups is 2. The Bertz CT molecular complexity index is 638.